The Bertz CT molecular complexity index is 433. The van der Waals surface area contributed by atoms with Crippen LogP contribution in [0.15, 0.2) is 0 Å². The number of amides is 1. The summed E-state index contributed by atoms with van der Waals surface area (Å²) in [4.78, 5) is 20.0. The average Bonchev–Trinajstić information content (AvgIpc) is 2.78. The minimum absolute atomic E-state index is 0.0296. The number of carbonyl (C=O) groups excluding carboxylic acids is 1. The van der Waals surface area contributed by atoms with E-state index in [4.69, 9.17) is 0 Å². The maximum atomic E-state index is 11.8. The van der Waals surface area contributed by atoms with Gasteiger partial charge in [0.15, 0.2) is 5.13 Å². The van der Waals surface area contributed by atoms with Gasteiger partial charge in [-0.1, -0.05) is 6.92 Å². The molecule has 1 aliphatic heterocycles. The van der Waals surface area contributed by atoms with Crippen LogP contribution in [0.4, 0.5) is 5.13 Å². The van der Waals surface area contributed by atoms with Crippen molar-refractivity contribution in [2.24, 2.45) is 0 Å². The van der Waals surface area contributed by atoms with Crippen LogP contribution in [0.2, 0.25) is 0 Å². The second kappa shape index (κ2) is 6.04. The third kappa shape index (κ3) is 3.05. The van der Waals surface area contributed by atoms with Gasteiger partial charge in [-0.3, -0.25) is 9.69 Å². The van der Waals surface area contributed by atoms with Gasteiger partial charge in [0.25, 0.3) is 0 Å². The van der Waals surface area contributed by atoms with Crippen LogP contribution in [-0.2, 0) is 17.8 Å². The average molecular weight is 285 g/mol. The van der Waals surface area contributed by atoms with E-state index in [1.807, 2.05) is 13.2 Å². The third-order valence-corrected chi connectivity index (χ3v) is 5.13. The predicted octanol–water partition coefficient (Wildman–Crippen LogP) is 2.21. The number of nitrogens with zero attached hydrogens (tertiary/aromatic N) is 2. The molecular formula is C12H19N3OS2. The number of fused-ring (bicyclic) bond motifs is 1. The molecule has 0 spiro atoms. The van der Waals surface area contributed by atoms with E-state index < -0.39 is 0 Å². The van der Waals surface area contributed by atoms with Crippen LogP contribution in [0, 0.1) is 0 Å². The molecule has 6 heteroatoms. The number of likely N-dealkylation sites (N-methyl/N-ethyl adjacent to an activating group) is 1. The van der Waals surface area contributed by atoms with Gasteiger partial charge in [0.05, 0.1) is 10.9 Å². The highest BCUT2D eigenvalue weighted by atomic mass is 32.2. The molecule has 2 rings (SSSR count). The molecule has 1 aromatic heterocycles. The van der Waals surface area contributed by atoms with Crippen LogP contribution >= 0.6 is 23.1 Å². The Hall–Kier alpha value is -0.590. The molecule has 0 radical (unpaired) electrons. The molecule has 0 saturated heterocycles. The summed E-state index contributed by atoms with van der Waals surface area (Å²) in [5.74, 6) is 0.0425. The van der Waals surface area contributed by atoms with Gasteiger partial charge in [0.2, 0.25) is 5.91 Å². The maximum absolute atomic E-state index is 11.8. The smallest absolute Gasteiger partial charge is 0.238 e. The van der Waals surface area contributed by atoms with Crippen molar-refractivity contribution in [1.82, 2.24) is 9.88 Å². The predicted molar refractivity (Wildman–Crippen MR) is 78.4 cm³/mol. The zero-order valence-corrected chi connectivity index (χ0v) is 12.7. The van der Waals surface area contributed by atoms with Gasteiger partial charge < -0.3 is 5.32 Å². The zero-order chi connectivity index (χ0) is 13.1. The Morgan fingerprint density at radius 3 is 3.11 bits per heavy atom. The van der Waals surface area contributed by atoms with Crippen molar-refractivity contribution in [3.63, 3.8) is 0 Å². The standard InChI is InChI=1S/C12H19N3OS2/c1-4-15-6-5-9-10(7-15)18-12(13-9)14-11(16)8(2)17-3/h8H,4-7H2,1-3H3,(H,13,14,16). The Balaban J connectivity index is 2.04. The Kier molecular flexibility index (Phi) is 4.64. The van der Waals surface area contributed by atoms with Gasteiger partial charge in [-0.2, -0.15) is 11.8 Å². The summed E-state index contributed by atoms with van der Waals surface area (Å²) in [6.07, 6.45) is 2.93. The van der Waals surface area contributed by atoms with Crippen molar-refractivity contribution in [3.05, 3.63) is 10.6 Å². The van der Waals surface area contributed by atoms with Gasteiger partial charge in [0, 0.05) is 24.4 Å². The van der Waals surface area contributed by atoms with Crippen LogP contribution < -0.4 is 5.32 Å². The van der Waals surface area contributed by atoms with Gasteiger partial charge in [-0.25, -0.2) is 4.98 Å². The molecule has 100 valence electrons. The number of hydrogen-bond acceptors (Lipinski definition) is 5. The molecule has 2 heterocycles. The Morgan fingerprint density at radius 1 is 1.67 bits per heavy atom. The number of thiazole rings is 1. The summed E-state index contributed by atoms with van der Waals surface area (Å²) in [7, 11) is 0. The van der Waals surface area contributed by atoms with Crippen molar-refractivity contribution >= 4 is 34.1 Å². The minimum Gasteiger partial charge on any atom is -0.301 e. The summed E-state index contributed by atoms with van der Waals surface area (Å²) in [5, 5.41) is 3.64. The van der Waals surface area contributed by atoms with Crippen molar-refractivity contribution in [2.45, 2.75) is 32.1 Å². The molecule has 0 bridgehead atoms. The molecule has 1 N–H and O–H groups in total. The quantitative estimate of drug-likeness (QED) is 0.921. The number of thioether (sulfide) groups is 1. The summed E-state index contributed by atoms with van der Waals surface area (Å²) in [5.41, 5.74) is 1.16. The Labute approximate surface area is 116 Å². The molecule has 18 heavy (non-hydrogen) atoms. The highest BCUT2D eigenvalue weighted by Gasteiger charge is 2.21. The van der Waals surface area contributed by atoms with Crippen LogP contribution in [0.3, 0.4) is 0 Å². The molecule has 1 unspecified atom stereocenters. The van der Waals surface area contributed by atoms with Crippen molar-refractivity contribution in [3.8, 4) is 0 Å². The second-order valence-corrected chi connectivity index (χ2v) is 6.64. The van der Waals surface area contributed by atoms with E-state index in [1.54, 1.807) is 23.1 Å². The lowest BCUT2D eigenvalue weighted by Crippen LogP contribution is -2.29. The first kappa shape index (κ1) is 13.8. The fourth-order valence-electron chi connectivity index (χ4n) is 1.89. The highest BCUT2D eigenvalue weighted by Crippen LogP contribution is 2.28. The molecule has 4 nitrogen and oxygen atoms in total. The van der Waals surface area contributed by atoms with Crippen molar-refractivity contribution in [2.75, 3.05) is 24.7 Å². The molecule has 0 fully saturated rings. The van der Waals surface area contributed by atoms with Crippen LogP contribution in [-0.4, -0.2) is 40.4 Å². The van der Waals surface area contributed by atoms with Crippen LogP contribution in [0.5, 0.6) is 0 Å². The van der Waals surface area contributed by atoms with E-state index in [2.05, 4.69) is 22.1 Å². The van der Waals surface area contributed by atoms with Crippen molar-refractivity contribution < 1.29 is 4.79 Å². The molecule has 1 aromatic rings. The number of aromatic nitrogens is 1. The van der Waals surface area contributed by atoms with E-state index in [0.717, 1.165) is 36.9 Å². The van der Waals surface area contributed by atoms with Crippen LogP contribution in [0.1, 0.15) is 24.4 Å². The number of rotatable bonds is 4. The van der Waals surface area contributed by atoms with Gasteiger partial charge in [0.1, 0.15) is 0 Å². The number of anilines is 1. The lowest BCUT2D eigenvalue weighted by molar-refractivity contribution is -0.115. The number of nitrogens with one attached hydrogen (secondary N) is 1. The van der Waals surface area contributed by atoms with Gasteiger partial charge in [-0.05, 0) is 19.7 Å². The molecule has 0 aromatic carbocycles. The monoisotopic (exact) mass is 285 g/mol. The SMILES string of the molecule is CCN1CCc2nc(NC(=O)C(C)SC)sc2C1. The van der Waals surface area contributed by atoms with E-state index in [1.165, 1.54) is 4.88 Å². The normalized spacial score (nSPS) is 17.3. The van der Waals surface area contributed by atoms with Gasteiger partial charge in [-0.15, -0.1) is 11.3 Å². The third-order valence-electron chi connectivity index (χ3n) is 3.21. The lowest BCUT2D eigenvalue weighted by atomic mass is 10.2. The largest absolute Gasteiger partial charge is 0.301 e. The summed E-state index contributed by atoms with van der Waals surface area (Å²) < 4.78 is 0. The topological polar surface area (TPSA) is 45.2 Å². The highest BCUT2D eigenvalue weighted by molar-refractivity contribution is 7.99. The van der Waals surface area contributed by atoms with E-state index in [0.29, 0.717) is 0 Å². The zero-order valence-electron chi connectivity index (χ0n) is 11.0. The summed E-state index contributed by atoms with van der Waals surface area (Å²) >= 11 is 3.16. The van der Waals surface area contributed by atoms with Crippen molar-refractivity contribution in [1.29, 1.82) is 0 Å². The molecule has 1 aliphatic rings. The molecule has 0 aliphatic carbocycles. The maximum Gasteiger partial charge on any atom is 0.238 e. The minimum atomic E-state index is -0.0296. The fraction of sp³-hybridized carbons (Fsp3) is 0.667. The van der Waals surface area contributed by atoms with E-state index in [9.17, 15) is 4.79 Å². The van der Waals surface area contributed by atoms with E-state index in [-0.39, 0.29) is 11.2 Å². The van der Waals surface area contributed by atoms with Crippen LogP contribution in [0.25, 0.3) is 0 Å². The molecule has 0 saturated carbocycles. The number of carbonyl (C=O) groups is 1. The summed E-state index contributed by atoms with van der Waals surface area (Å²) in [6.45, 7) is 7.20. The molecule has 1 amide bonds. The Morgan fingerprint density at radius 2 is 2.44 bits per heavy atom. The molecule has 1 atom stereocenters. The molecular weight excluding hydrogens is 266 g/mol. The lowest BCUT2D eigenvalue weighted by Gasteiger charge is -2.23. The first-order valence-electron chi connectivity index (χ1n) is 6.18. The first-order chi connectivity index (χ1) is 8.63. The first-order valence-corrected chi connectivity index (χ1v) is 8.29. The fourth-order valence-corrected chi connectivity index (χ4v) is 3.21. The van der Waals surface area contributed by atoms with Gasteiger partial charge >= 0.3 is 0 Å². The summed E-state index contributed by atoms with van der Waals surface area (Å²) in [6, 6.07) is 0. The second-order valence-electron chi connectivity index (χ2n) is 4.37. The van der Waals surface area contributed by atoms with E-state index >= 15 is 0 Å². The number of hydrogen-bond donors (Lipinski definition) is 1.